The van der Waals surface area contributed by atoms with Crippen LogP contribution in [0.15, 0.2) is 24.3 Å². The molecular weight excluding hydrogens is 240 g/mol. The lowest BCUT2D eigenvalue weighted by molar-refractivity contribution is 0.0908. The fourth-order valence-corrected chi connectivity index (χ4v) is 1.97. The molecule has 1 atom stereocenters. The third kappa shape index (κ3) is 5.24. The maximum absolute atomic E-state index is 5.81. The van der Waals surface area contributed by atoms with Crippen molar-refractivity contribution in [3.8, 4) is 0 Å². The van der Waals surface area contributed by atoms with E-state index in [1.807, 2.05) is 24.3 Å². The van der Waals surface area contributed by atoms with Gasteiger partial charge in [0.1, 0.15) is 0 Å². The first-order valence-electron chi connectivity index (χ1n) is 5.69. The van der Waals surface area contributed by atoms with E-state index in [1.54, 1.807) is 0 Å². The van der Waals surface area contributed by atoms with Crippen molar-refractivity contribution in [1.29, 1.82) is 0 Å². The molecule has 0 radical (unpaired) electrons. The molecule has 0 heterocycles. The fourth-order valence-electron chi connectivity index (χ4n) is 1.56. The van der Waals surface area contributed by atoms with Gasteiger partial charge in [0.2, 0.25) is 0 Å². The van der Waals surface area contributed by atoms with Crippen LogP contribution >= 0.6 is 24.2 Å². The molecule has 90 valence electrons. The first-order valence-corrected chi connectivity index (χ1v) is 6.70. The van der Waals surface area contributed by atoms with E-state index in [0.29, 0.717) is 12.5 Å². The van der Waals surface area contributed by atoms with Crippen molar-refractivity contribution in [2.45, 2.75) is 26.4 Å². The van der Waals surface area contributed by atoms with Crippen molar-refractivity contribution < 1.29 is 4.74 Å². The Bertz CT molecular complexity index is 286. The van der Waals surface area contributed by atoms with Crippen LogP contribution in [0, 0.1) is 5.92 Å². The maximum atomic E-state index is 5.81. The van der Waals surface area contributed by atoms with Crippen LogP contribution in [0.2, 0.25) is 5.02 Å². The molecule has 0 aliphatic carbocycles. The van der Waals surface area contributed by atoms with Gasteiger partial charge >= 0.3 is 0 Å². The molecule has 0 saturated carbocycles. The number of hydrogen-bond donors (Lipinski definition) is 1. The molecule has 0 bridgehead atoms. The summed E-state index contributed by atoms with van der Waals surface area (Å²) >= 11 is 10.1. The first-order chi connectivity index (χ1) is 7.76. The van der Waals surface area contributed by atoms with Crippen molar-refractivity contribution in [2.75, 3.05) is 12.4 Å². The normalized spacial score (nSPS) is 12.7. The molecule has 0 fully saturated rings. The lowest BCUT2D eigenvalue weighted by Gasteiger charge is -2.13. The molecule has 0 saturated heterocycles. The Labute approximate surface area is 109 Å². The van der Waals surface area contributed by atoms with Gasteiger partial charge in [-0.15, -0.1) is 0 Å². The van der Waals surface area contributed by atoms with Gasteiger partial charge in [0.05, 0.1) is 13.2 Å². The van der Waals surface area contributed by atoms with E-state index in [2.05, 4.69) is 19.6 Å². The van der Waals surface area contributed by atoms with Crippen LogP contribution in [0.3, 0.4) is 0 Å². The van der Waals surface area contributed by atoms with Crippen LogP contribution in [0.1, 0.15) is 25.3 Å². The van der Waals surface area contributed by atoms with Crippen LogP contribution in [0.5, 0.6) is 0 Å². The number of benzene rings is 1. The molecule has 1 rings (SSSR count). The Hall–Kier alpha value is -0.180. The Balaban J connectivity index is 2.26. The second kappa shape index (κ2) is 7.99. The molecule has 16 heavy (non-hydrogen) atoms. The van der Waals surface area contributed by atoms with Crippen molar-refractivity contribution in [1.82, 2.24) is 0 Å². The van der Waals surface area contributed by atoms with Gasteiger partial charge in [-0.2, -0.15) is 12.6 Å². The van der Waals surface area contributed by atoms with E-state index >= 15 is 0 Å². The minimum atomic E-state index is 0.570. The van der Waals surface area contributed by atoms with E-state index in [1.165, 1.54) is 18.4 Å². The van der Waals surface area contributed by atoms with Gasteiger partial charge in [0, 0.05) is 5.02 Å². The largest absolute Gasteiger partial charge is 0.376 e. The molecule has 1 aromatic rings. The SMILES string of the molecule is CCCC(CS)COCc1ccc(Cl)cc1. The highest BCUT2D eigenvalue weighted by Crippen LogP contribution is 2.12. The van der Waals surface area contributed by atoms with Gasteiger partial charge in [-0.3, -0.25) is 0 Å². The molecule has 0 aliphatic rings. The van der Waals surface area contributed by atoms with E-state index < -0.39 is 0 Å². The summed E-state index contributed by atoms with van der Waals surface area (Å²) in [6, 6.07) is 7.78. The van der Waals surface area contributed by atoms with E-state index in [9.17, 15) is 0 Å². The zero-order chi connectivity index (χ0) is 11.8. The van der Waals surface area contributed by atoms with Crippen LogP contribution in [0.25, 0.3) is 0 Å². The zero-order valence-corrected chi connectivity index (χ0v) is 11.3. The summed E-state index contributed by atoms with van der Waals surface area (Å²) in [5.74, 6) is 1.47. The van der Waals surface area contributed by atoms with Crippen molar-refractivity contribution in [3.63, 3.8) is 0 Å². The van der Waals surface area contributed by atoms with Crippen LogP contribution in [-0.4, -0.2) is 12.4 Å². The van der Waals surface area contributed by atoms with Crippen LogP contribution < -0.4 is 0 Å². The van der Waals surface area contributed by atoms with Crippen LogP contribution in [0.4, 0.5) is 0 Å². The van der Waals surface area contributed by atoms with Gasteiger partial charge in [0.25, 0.3) is 0 Å². The van der Waals surface area contributed by atoms with Crippen molar-refractivity contribution in [3.05, 3.63) is 34.9 Å². The average Bonchev–Trinajstić information content (AvgIpc) is 2.30. The lowest BCUT2D eigenvalue weighted by Crippen LogP contribution is -2.11. The highest BCUT2D eigenvalue weighted by Gasteiger charge is 2.05. The molecule has 3 heteroatoms. The quantitative estimate of drug-likeness (QED) is 0.721. The molecule has 1 nitrogen and oxygen atoms in total. The highest BCUT2D eigenvalue weighted by molar-refractivity contribution is 7.80. The summed E-state index contributed by atoms with van der Waals surface area (Å²) in [7, 11) is 0. The van der Waals surface area contributed by atoms with E-state index in [0.717, 1.165) is 17.4 Å². The zero-order valence-electron chi connectivity index (χ0n) is 9.66. The van der Waals surface area contributed by atoms with Crippen molar-refractivity contribution >= 4 is 24.2 Å². The monoisotopic (exact) mass is 258 g/mol. The lowest BCUT2D eigenvalue weighted by atomic mass is 10.1. The summed E-state index contributed by atoms with van der Waals surface area (Å²) < 4.78 is 5.67. The van der Waals surface area contributed by atoms with Gasteiger partial charge in [-0.1, -0.05) is 37.1 Å². The topological polar surface area (TPSA) is 9.23 Å². The first kappa shape index (κ1) is 13.9. The minimum absolute atomic E-state index is 0.570. The van der Waals surface area contributed by atoms with Crippen LogP contribution in [-0.2, 0) is 11.3 Å². The van der Waals surface area contributed by atoms with Gasteiger partial charge in [0.15, 0.2) is 0 Å². The fraction of sp³-hybridized carbons (Fsp3) is 0.538. The Morgan fingerprint density at radius 1 is 1.31 bits per heavy atom. The molecule has 0 spiro atoms. The number of ether oxygens (including phenoxy) is 1. The maximum Gasteiger partial charge on any atom is 0.0717 e. The molecular formula is C13H19ClOS. The summed E-state index contributed by atoms with van der Waals surface area (Å²) in [6.45, 7) is 3.64. The molecule has 0 aromatic heterocycles. The number of halogens is 1. The molecule has 1 unspecified atom stereocenters. The number of rotatable bonds is 7. The highest BCUT2D eigenvalue weighted by atomic mass is 35.5. The van der Waals surface area contributed by atoms with Gasteiger partial charge in [-0.05, 0) is 35.8 Å². The van der Waals surface area contributed by atoms with Crippen molar-refractivity contribution in [2.24, 2.45) is 5.92 Å². The summed E-state index contributed by atoms with van der Waals surface area (Å²) in [5.41, 5.74) is 1.17. The van der Waals surface area contributed by atoms with E-state index in [4.69, 9.17) is 16.3 Å². The predicted molar refractivity (Wildman–Crippen MR) is 73.4 cm³/mol. The van der Waals surface area contributed by atoms with Gasteiger partial charge < -0.3 is 4.74 Å². The minimum Gasteiger partial charge on any atom is -0.376 e. The molecule has 0 aliphatic heterocycles. The second-order valence-corrected chi connectivity index (χ2v) is 4.78. The average molecular weight is 259 g/mol. The Morgan fingerprint density at radius 2 is 2.00 bits per heavy atom. The molecule has 0 N–H and O–H groups in total. The third-order valence-electron chi connectivity index (χ3n) is 2.49. The molecule has 1 aromatic carbocycles. The summed E-state index contributed by atoms with van der Waals surface area (Å²) in [6.07, 6.45) is 2.37. The Kier molecular flexibility index (Phi) is 6.93. The number of thiol groups is 1. The second-order valence-electron chi connectivity index (χ2n) is 3.98. The molecule has 0 amide bonds. The Morgan fingerprint density at radius 3 is 2.56 bits per heavy atom. The van der Waals surface area contributed by atoms with E-state index in [-0.39, 0.29) is 0 Å². The smallest absolute Gasteiger partial charge is 0.0717 e. The summed E-state index contributed by atoms with van der Waals surface area (Å²) in [4.78, 5) is 0. The predicted octanol–water partition coefficient (Wildman–Crippen LogP) is 4.20. The standard InChI is InChI=1S/C13H19ClOS/c1-2-3-12(10-16)9-15-8-11-4-6-13(14)7-5-11/h4-7,12,16H,2-3,8-10H2,1H3. The number of hydrogen-bond acceptors (Lipinski definition) is 2. The third-order valence-corrected chi connectivity index (χ3v) is 3.26. The van der Waals surface area contributed by atoms with Gasteiger partial charge in [-0.25, -0.2) is 0 Å². The summed E-state index contributed by atoms with van der Waals surface area (Å²) in [5, 5.41) is 0.767.